The Balaban J connectivity index is 1.28. The van der Waals surface area contributed by atoms with Gasteiger partial charge in [0.25, 0.3) is 5.91 Å². The third kappa shape index (κ3) is 3.76. The maximum absolute atomic E-state index is 12.2. The highest BCUT2D eigenvalue weighted by molar-refractivity contribution is 5.98. The van der Waals surface area contributed by atoms with Crippen LogP contribution in [0, 0.1) is 0 Å². The molecule has 1 aliphatic rings. The number of benzene rings is 2. The van der Waals surface area contributed by atoms with Crippen LogP contribution in [-0.2, 0) is 16.0 Å². The maximum atomic E-state index is 12.2. The molecule has 0 unspecified atom stereocenters. The number of aromatic amines is 1. The van der Waals surface area contributed by atoms with Crippen molar-refractivity contribution in [1.29, 1.82) is 0 Å². The summed E-state index contributed by atoms with van der Waals surface area (Å²) < 4.78 is 5.41. The van der Waals surface area contributed by atoms with Crippen molar-refractivity contribution in [3.05, 3.63) is 54.4 Å². The molecule has 27 heavy (non-hydrogen) atoms. The lowest BCUT2D eigenvalue weighted by molar-refractivity contribution is -0.122. The van der Waals surface area contributed by atoms with Crippen molar-refractivity contribution < 1.29 is 14.3 Å². The van der Waals surface area contributed by atoms with Crippen molar-refractivity contribution in [2.75, 3.05) is 24.6 Å². The summed E-state index contributed by atoms with van der Waals surface area (Å²) in [6.45, 7) is 0.826. The lowest BCUT2D eigenvalue weighted by atomic mass is 10.2. The Hall–Kier alpha value is -3.35. The molecule has 2 heterocycles. The zero-order chi connectivity index (χ0) is 18.6. The van der Waals surface area contributed by atoms with Gasteiger partial charge in [0, 0.05) is 25.9 Å². The number of hydrogen-bond acceptors (Lipinski definition) is 4. The van der Waals surface area contributed by atoms with Crippen LogP contribution in [0.2, 0.25) is 0 Å². The van der Waals surface area contributed by atoms with Crippen LogP contribution in [0.3, 0.4) is 0 Å². The van der Waals surface area contributed by atoms with E-state index in [0.717, 1.165) is 16.9 Å². The second-order valence-corrected chi connectivity index (χ2v) is 6.35. The molecule has 0 spiro atoms. The summed E-state index contributed by atoms with van der Waals surface area (Å²) in [5.74, 6) is 1.28. The molecule has 138 valence electrons. The normalized spacial score (nSPS) is 13.3. The van der Waals surface area contributed by atoms with Crippen molar-refractivity contribution in [3.8, 4) is 5.75 Å². The standard InChI is InChI=1S/C20H20N4O3/c25-19(21-11-9-18-22-14-5-1-2-6-15(14)23-18)10-12-24-16-7-3-4-8-17(16)27-13-20(24)26/h1-8H,9-13H2,(H,21,25)(H,22,23). The van der Waals surface area contributed by atoms with Gasteiger partial charge in [-0.1, -0.05) is 24.3 Å². The average molecular weight is 364 g/mol. The highest BCUT2D eigenvalue weighted by atomic mass is 16.5. The number of nitrogens with zero attached hydrogens (tertiary/aromatic N) is 2. The number of amides is 2. The topological polar surface area (TPSA) is 87.3 Å². The first-order chi connectivity index (χ1) is 13.2. The molecule has 0 saturated carbocycles. The molecule has 0 radical (unpaired) electrons. The van der Waals surface area contributed by atoms with E-state index in [1.54, 1.807) is 4.90 Å². The minimum Gasteiger partial charge on any atom is -0.482 e. The van der Waals surface area contributed by atoms with Gasteiger partial charge in [-0.3, -0.25) is 9.59 Å². The van der Waals surface area contributed by atoms with E-state index in [0.29, 0.717) is 30.9 Å². The zero-order valence-corrected chi connectivity index (χ0v) is 14.8. The molecule has 3 aromatic rings. The molecule has 0 saturated heterocycles. The molecule has 0 fully saturated rings. The first-order valence-electron chi connectivity index (χ1n) is 8.93. The average Bonchev–Trinajstić information content (AvgIpc) is 3.10. The number of imidazole rings is 1. The van der Waals surface area contributed by atoms with Crippen LogP contribution in [-0.4, -0.2) is 41.5 Å². The van der Waals surface area contributed by atoms with Crippen molar-refractivity contribution in [2.24, 2.45) is 0 Å². The fraction of sp³-hybridized carbons (Fsp3) is 0.250. The minimum atomic E-state index is -0.135. The minimum absolute atomic E-state index is 0.00465. The second-order valence-electron chi connectivity index (χ2n) is 6.35. The molecule has 2 aromatic carbocycles. The number of fused-ring (bicyclic) bond motifs is 2. The van der Waals surface area contributed by atoms with Crippen LogP contribution >= 0.6 is 0 Å². The second kappa shape index (κ2) is 7.49. The number of nitrogens with one attached hydrogen (secondary N) is 2. The Morgan fingerprint density at radius 3 is 2.89 bits per heavy atom. The SMILES string of the molecule is O=C(CCN1C(=O)COc2ccccc21)NCCc1nc2ccccc2[nH]1. The molecule has 7 heteroatoms. The Kier molecular flexibility index (Phi) is 4.74. The third-order valence-corrected chi connectivity index (χ3v) is 4.49. The van der Waals surface area contributed by atoms with E-state index in [2.05, 4.69) is 15.3 Å². The number of para-hydroxylation sites is 4. The summed E-state index contributed by atoms with van der Waals surface area (Å²) in [7, 11) is 0. The summed E-state index contributed by atoms with van der Waals surface area (Å²) in [5, 5.41) is 2.89. The quantitative estimate of drug-likeness (QED) is 0.701. The number of rotatable bonds is 6. The van der Waals surface area contributed by atoms with Crippen LogP contribution in [0.4, 0.5) is 5.69 Å². The number of carbonyl (C=O) groups is 2. The summed E-state index contributed by atoms with van der Waals surface area (Å²) in [5.41, 5.74) is 2.62. The first-order valence-corrected chi connectivity index (χ1v) is 8.93. The van der Waals surface area contributed by atoms with Gasteiger partial charge in [-0.15, -0.1) is 0 Å². The van der Waals surface area contributed by atoms with Crippen LogP contribution in [0.5, 0.6) is 5.75 Å². The number of aromatic nitrogens is 2. The Bertz CT molecular complexity index is 949. The van der Waals surface area contributed by atoms with E-state index < -0.39 is 0 Å². The van der Waals surface area contributed by atoms with Gasteiger partial charge in [0.1, 0.15) is 11.6 Å². The molecular weight excluding hydrogens is 344 g/mol. The van der Waals surface area contributed by atoms with Crippen molar-refractivity contribution in [3.63, 3.8) is 0 Å². The lowest BCUT2D eigenvalue weighted by Gasteiger charge is -2.29. The van der Waals surface area contributed by atoms with Crippen LogP contribution in [0.1, 0.15) is 12.2 Å². The predicted octanol–water partition coefficient (Wildman–Crippen LogP) is 2.04. The van der Waals surface area contributed by atoms with Crippen molar-refractivity contribution >= 4 is 28.5 Å². The molecule has 1 aromatic heterocycles. The summed E-state index contributed by atoms with van der Waals surface area (Å²) in [6, 6.07) is 15.2. The smallest absolute Gasteiger partial charge is 0.265 e. The molecular formula is C20H20N4O3. The highest BCUT2D eigenvalue weighted by Crippen LogP contribution is 2.31. The number of carbonyl (C=O) groups excluding carboxylic acids is 2. The number of ether oxygens (including phenoxy) is 1. The van der Waals surface area contributed by atoms with Crippen LogP contribution in [0.15, 0.2) is 48.5 Å². The number of anilines is 1. The monoisotopic (exact) mass is 364 g/mol. The number of hydrogen-bond donors (Lipinski definition) is 2. The van der Waals surface area contributed by atoms with Gasteiger partial charge >= 0.3 is 0 Å². The molecule has 1 aliphatic heterocycles. The maximum Gasteiger partial charge on any atom is 0.265 e. The fourth-order valence-electron chi connectivity index (χ4n) is 3.15. The van der Waals surface area contributed by atoms with Crippen molar-refractivity contribution in [2.45, 2.75) is 12.8 Å². The molecule has 0 bridgehead atoms. The van der Waals surface area contributed by atoms with Gasteiger partial charge in [0.15, 0.2) is 6.61 Å². The lowest BCUT2D eigenvalue weighted by Crippen LogP contribution is -2.41. The van der Waals surface area contributed by atoms with E-state index in [4.69, 9.17) is 4.74 Å². The Morgan fingerprint density at radius 1 is 1.19 bits per heavy atom. The molecule has 0 aliphatic carbocycles. The van der Waals surface area contributed by atoms with Crippen LogP contribution < -0.4 is 15.0 Å². The zero-order valence-electron chi connectivity index (χ0n) is 14.8. The highest BCUT2D eigenvalue weighted by Gasteiger charge is 2.25. The molecule has 7 nitrogen and oxygen atoms in total. The van der Waals surface area contributed by atoms with Gasteiger partial charge in [-0.05, 0) is 24.3 Å². The Labute approximate surface area is 156 Å². The van der Waals surface area contributed by atoms with Gasteiger partial charge in [-0.25, -0.2) is 4.98 Å². The number of H-pyrrole nitrogens is 1. The summed E-state index contributed by atoms with van der Waals surface area (Å²) in [6.07, 6.45) is 0.861. The van der Waals surface area contributed by atoms with Crippen molar-refractivity contribution in [1.82, 2.24) is 15.3 Å². The summed E-state index contributed by atoms with van der Waals surface area (Å²) in [4.78, 5) is 33.6. The molecule has 0 atom stereocenters. The van der Waals surface area contributed by atoms with E-state index >= 15 is 0 Å². The van der Waals surface area contributed by atoms with Gasteiger partial charge in [0.05, 0.1) is 16.7 Å². The summed E-state index contributed by atoms with van der Waals surface area (Å²) >= 11 is 0. The van der Waals surface area contributed by atoms with Gasteiger partial charge in [-0.2, -0.15) is 0 Å². The largest absolute Gasteiger partial charge is 0.482 e. The van der Waals surface area contributed by atoms with E-state index in [1.165, 1.54) is 0 Å². The van der Waals surface area contributed by atoms with E-state index in [-0.39, 0.29) is 24.8 Å². The predicted molar refractivity (Wildman–Crippen MR) is 102 cm³/mol. The van der Waals surface area contributed by atoms with Gasteiger partial charge in [0.2, 0.25) is 5.91 Å². The third-order valence-electron chi connectivity index (χ3n) is 4.49. The first kappa shape index (κ1) is 17.1. The van der Waals surface area contributed by atoms with Crippen LogP contribution in [0.25, 0.3) is 11.0 Å². The Morgan fingerprint density at radius 2 is 2.00 bits per heavy atom. The van der Waals surface area contributed by atoms with E-state index in [1.807, 2.05) is 48.5 Å². The van der Waals surface area contributed by atoms with Gasteiger partial charge < -0.3 is 19.9 Å². The molecule has 2 N–H and O–H groups in total. The van der Waals surface area contributed by atoms with E-state index in [9.17, 15) is 9.59 Å². The molecule has 4 rings (SSSR count). The molecule has 2 amide bonds. The fourth-order valence-corrected chi connectivity index (χ4v) is 3.15.